The van der Waals surface area contributed by atoms with Crippen LogP contribution >= 0.6 is 11.8 Å². The molecule has 1 saturated heterocycles. The molecule has 0 aliphatic carbocycles. The maximum absolute atomic E-state index is 12.2. The highest BCUT2D eigenvalue weighted by Crippen LogP contribution is 2.20. The lowest BCUT2D eigenvalue weighted by Crippen LogP contribution is -2.48. The summed E-state index contributed by atoms with van der Waals surface area (Å²) in [5, 5.41) is 3.92. The van der Waals surface area contributed by atoms with E-state index in [1.54, 1.807) is 11.8 Å². The molecule has 0 radical (unpaired) electrons. The fourth-order valence-electron chi connectivity index (χ4n) is 2.42. The van der Waals surface area contributed by atoms with Gasteiger partial charge in [0.15, 0.2) is 0 Å². The molecule has 0 N–H and O–H groups in total. The second kappa shape index (κ2) is 6.63. The molecular formula is C14H22N2O3S. The van der Waals surface area contributed by atoms with Crippen LogP contribution in [0.2, 0.25) is 0 Å². The van der Waals surface area contributed by atoms with Gasteiger partial charge in [-0.3, -0.25) is 4.79 Å². The molecule has 1 aliphatic rings. The van der Waals surface area contributed by atoms with E-state index in [1.165, 1.54) is 0 Å². The number of amides is 1. The summed E-state index contributed by atoms with van der Waals surface area (Å²) in [5.41, 5.74) is 2.02. The Balaban J connectivity index is 1.80. The van der Waals surface area contributed by atoms with Crippen molar-refractivity contribution in [3.05, 3.63) is 17.0 Å². The van der Waals surface area contributed by atoms with Crippen LogP contribution in [0.15, 0.2) is 4.52 Å². The first kappa shape index (κ1) is 15.4. The average molecular weight is 298 g/mol. The van der Waals surface area contributed by atoms with Gasteiger partial charge in [0.2, 0.25) is 5.91 Å². The minimum absolute atomic E-state index is 0.121. The second-order valence-electron chi connectivity index (χ2n) is 5.35. The molecule has 2 heterocycles. The van der Waals surface area contributed by atoms with E-state index in [0.717, 1.165) is 22.8 Å². The van der Waals surface area contributed by atoms with Gasteiger partial charge in [0.1, 0.15) is 5.76 Å². The number of rotatable bonds is 4. The molecule has 2 rings (SSSR count). The predicted molar refractivity (Wildman–Crippen MR) is 78.7 cm³/mol. The molecule has 1 fully saturated rings. The molecule has 0 unspecified atom stereocenters. The molecule has 1 aromatic rings. The van der Waals surface area contributed by atoms with Crippen LogP contribution in [0.25, 0.3) is 0 Å². The average Bonchev–Trinajstić information content (AvgIpc) is 2.69. The number of nitrogens with zero attached hydrogens (tertiary/aromatic N) is 2. The zero-order valence-corrected chi connectivity index (χ0v) is 13.3. The van der Waals surface area contributed by atoms with Gasteiger partial charge in [-0.15, -0.1) is 11.8 Å². The van der Waals surface area contributed by atoms with E-state index in [4.69, 9.17) is 9.26 Å². The van der Waals surface area contributed by atoms with E-state index in [0.29, 0.717) is 18.8 Å². The van der Waals surface area contributed by atoms with Crippen LogP contribution in [0.5, 0.6) is 0 Å². The van der Waals surface area contributed by atoms with Crippen LogP contribution in [-0.4, -0.2) is 47.0 Å². The maximum atomic E-state index is 12.2. The lowest BCUT2D eigenvalue weighted by Gasteiger charge is -2.35. The van der Waals surface area contributed by atoms with Gasteiger partial charge >= 0.3 is 0 Å². The number of hydrogen-bond donors (Lipinski definition) is 0. The monoisotopic (exact) mass is 298 g/mol. The molecule has 0 saturated carbocycles. The number of carbonyl (C=O) groups excluding carboxylic acids is 1. The van der Waals surface area contributed by atoms with Gasteiger partial charge in [0, 0.05) is 24.4 Å². The van der Waals surface area contributed by atoms with Crippen molar-refractivity contribution in [1.29, 1.82) is 0 Å². The largest absolute Gasteiger partial charge is 0.372 e. The molecule has 6 heteroatoms. The van der Waals surface area contributed by atoms with Crippen LogP contribution in [0.1, 0.15) is 30.9 Å². The van der Waals surface area contributed by atoms with Crippen LogP contribution in [0.4, 0.5) is 0 Å². The minimum atomic E-state index is 0.121. The Hall–Kier alpha value is -1.01. The topological polar surface area (TPSA) is 55.6 Å². The van der Waals surface area contributed by atoms with E-state index < -0.39 is 0 Å². The van der Waals surface area contributed by atoms with Crippen molar-refractivity contribution in [1.82, 2.24) is 10.1 Å². The van der Waals surface area contributed by atoms with Crippen molar-refractivity contribution >= 4 is 17.7 Å². The first-order valence-corrected chi connectivity index (χ1v) is 8.05. The first-order valence-electron chi connectivity index (χ1n) is 6.90. The standard InChI is InChI=1S/C14H22N2O3S/c1-9-5-16(6-10(2)18-9)14(17)8-20-7-13-11(3)15-19-12(13)4/h9-10H,5-8H2,1-4H3/t9-,10-/m1/s1. The number of thioether (sulfide) groups is 1. The van der Waals surface area contributed by atoms with Gasteiger partial charge in [-0.2, -0.15) is 0 Å². The molecule has 1 aliphatic heterocycles. The highest BCUT2D eigenvalue weighted by molar-refractivity contribution is 7.99. The maximum Gasteiger partial charge on any atom is 0.232 e. The lowest BCUT2D eigenvalue weighted by molar-refractivity contribution is -0.140. The normalized spacial score (nSPS) is 23.1. The van der Waals surface area contributed by atoms with E-state index >= 15 is 0 Å². The number of ether oxygens (including phenoxy) is 1. The second-order valence-corrected chi connectivity index (χ2v) is 6.34. The quantitative estimate of drug-likeness (QED) is 0.852. The predicted octanol–water partition coefficient (Wildman–Crippen LogP) is 2.16. The molecule has 2 atom stereocenters. The van der Waals surface area contributed by atoms with Gasteiger partial charge in [0.05, 0.1) is 23.7 Å². The molecule has 0 bridgehead atoms. The van der Waals surface area contributed by atoms with Crippen molar-refractivity contribution in [2.45, 2.75) is 45.7 Å². The van der Waals surface area contributed by atoms with Crippen molar-refractivity contribution < 1.29 is 14.1 Å². The van der Waals surface area contributed by atoms with Crippen LogP contribution < -0.4 is 0 Å². The van der Waals surface area contributed by atoms with Gasteiger partial charge in [-0.25, -0.2) is 0 Å². The van der Waals surface area contributed by atoms with E-state index in [-0.39, 0.29) is 18.1 Å². The Morgan fingerprint density at radius 3 is 2.55 bits per heavy atom. The van der Waals surface area contributed by atoms with Gasteiger partial charge in [0.25, 0.3) is 0 Å². The summed E-state index contributed by atoms with van der Waals surface area (Å²) in [4.78, 5) is 14.1. The number of hydrogen-bond acceptors (Lipinski definition) is 5. The first-order chi connectivity index (χ1) is 9.47. The third-order valence-electron chi connectivity index (χ3n) is 3.43. The molecular weight excluding hydrogens is 276 g/mol. The zero-order valence-electron chi connectivity index (χ0n) is 12.5. The Morgan fingerprint density at radius 2 is 2.00 bits per heavy atom. The van der Waals surface area contributed by atoms with Crippen molar-refractivity contribution in [2.75, 3.05) is 18.8 Å². The Kier molecular flexibility index (Phi) is 5.10. The summed E-state index contributed by atoms with van der Waals surface area (Å²) < 4.78 is 10.8. The fourth-order valence-corrected chi connectivity index (χ4v) is 3.50. The summed E-state index contributed by atoms with van der Waals surface area (Å²) in [6.45, 7) is 9.23. The smallest absolute Gasteiger partial charge is 0.232 e. The number of carbonyl (C=O) groups is 1. The molecule has 5 nitrogen and oxygen atoms in total. The number of aromatic nitrogens is 1. The van der Waals surface area contributed by atoms with Gasteiger partial charge in [-0.05, 0) is 27.7 Å². The highest BCUT2D eigenvalue weighted by Gasteiger charge is 2.25. The highest BCUT2D eigenvalue weighted by atomic mass is 32.2. The molecule has 20 heavy (non-hydrogen) atoms. The van der Waals surface area contributed by atoms with Crippen molar-refractivity contribution in [3.8, 4) is 0 Å². The molecule has 0 spiro atoms. The third kappa shape index (κ3) is 3.76. The van der Waals surface area contributed by atoms with Crippen LogP contribution in [0.3, 0.4) is 0 Å². The van der Waals surface area contributed by atoms with E-state index in [9.17, 15) is 4.79 Å². The summed E-state index contributed by atoms with van der Waals surface area (Å²) in [6, 6.07) is 0. The van der Waals surface area contributed by atoms with Gasteiger partial charge < -0.3 is 14.2 Å². The number of aryl methyl sites for hydroxylation is 2. The molecule has 1 aromatic heterocycles. The fraction of sp³-hybridized carbons (Fsp3) is 0.714. The lowest BCUT2D eigenvalue weighted by atomic mass is 10.2. The van der Waals surface area contributed by atoms with Crippen LogP contribution in [0, 0.1) is 13.8 Å². The van der Waals surface area contributed by atoms with Gasteiger partial charge in [-0.1, -0.05) is 5.16 Å². The summed E-state index contributed by atoms with van der Waals surface area (Å²) in [7, 11) is 0. The number of morpholine rings is 1. The van der Waals surface area contributed by atoms with E-state index in [2.05, 4.69) is 5.16 Å². The van der Waals surface area contributed by atoms with E-state index in [1.807, 2.05) is 32.6 Å². The van der Waals surface area contributed by atoms with Crippen molar-refractivity contribution in [2.24, 2.45) is 0 Å². The molecule has 0 aromatic carbocycles. The molecule has 1 amide bonds. The molecule has 112 valence electrons. The Morgan fingerprint density at radius 1 is 1.35 bits per heavy atom. The summed E-state index contributed by atoms with van der Waals surface area (Å²) >= 11 is 1.61. The zero-order chi connectivity index (χ0) is 14.7. The van der Waals surface area contributed by atoms with Crippen LogP contribution in [-0.2, 0) is 15.3 Å². The third-order valence-corrected chi connectivity index (χ3v) is 4.37. The summed E-state index contributed by atoms with van der Waals surface area (Å²) in [5.74, 6) is 2.28. The Labute approximate surface area is 124 Å². The summed E-state index contributed by atoms with van der Waals surface area (Å²) in [6.07, 6.45) is 0.241. The van der Waals surface area contributed by atoms with Crippen molar-refractivity contribution in [3.63, 3.8) is 0 Å². The minimum Gasteiger partial charge on any atom is -0.372 e. The SMILES string of the molecule is Cc1noc(C)c1CSCC(=O)N1C[C@@H](C)O[C@H](C)C1. The Bertz CT molecular complexity index is 445.